The molecule has 1 saturated heterocycles. The summed E-state index contributed by atoms with van der Waals surface area (Å²) in [5.41, 5.74) is 1.24. The Labute approximate surface area is 126 Å². The molecule has 1 aliphatic carbocycles. The maximum absolute atomic E-state index is 11.8. The molecule has 2 fully saturated rings. The Balaban J connectivity index is 1.72. The van der Waals surface area contributed by atoms with Crippen molar-refractivity contribution in [3.63, 3.8) is 0 Å². The van der Waals surface area contributed by atoms with Gasteiger partial charge in [0.05, 0.1) is 18.6 Å². The van der Waals surface area contributed by atoms with E-state index < -0.39 is 9.84 Å². The van der Waals surface area contributed by atoms with Crippen LogP contribution in [-0.2, 0) is 9.84 Å². The Bertz CT molecular complexity index is 578. The normalized spacial score (nSPS) is 26.2. The van der Waals surface area contributed by atoms with Gasteiger partial charge in [0.25, 0.3) is 0 Å². The topological polar surface area (TPSA) is 55.4 Å². The van der Waals surface area contributed by atoms with Crippen molar-refractivity contribution in [2.24, 2.45) is 5.92 Å². The molecule has 1 N–H and O–H groups in total. The van der Waals surface area contributed by atoms with Gasteiger partial charge in [-0.05, 0) is 49.3 Å². The van der Waals surface area contributed by atoms with Crippen LogP contribution in [0.1, 0.15) is 37.3 Å². The van der Waals surface area contributed by atoms with Gasteiger partial charge in [-0.15, -0.1) is 0 Å². The molecule has 1 aliphatic heterocycles. The number of ether oxygens (including phenoxy) is 1. The molecule has 0 radical (unpaired) electrons. The molecule has 1 aromatic rings. The van der Waals surface area contributed by atoms with Gasteiger partial charge in [0.15, 0.2) is 9.84 Å². The minimum absolute atomic E-state index is 0.0939. The first-order chi connectivity index (χ1) is 10.1. The van der Waals surface area contributed by atoms with Crippen LogP contribution in [0.3, 0.4) is 0 Å². The molecule has 21 heavy (non-hydrogen) atoms. The van der Waals surface area contributed by atoms with Gasteiger partial charge in [-0.25, -0.2) is 8.42 Å². The van der Waals surface area contributed by atoms with Gasteiger partial charge in [-0.2, -0.15) is 0 Å². The monoisotopic (exact) mass is 309 g/mol. The predicted octanol–water partition coefficient (Wildman–Crippen LogP) is 2.31. The van der Waals surface area contributed by atoms with Crippen molar-refractivity contribution in [2.75, 3.05) is 18.6 Å². The van der Waals surface area contributed by atoms with Crippen molar-refractivity contribution in [3.8, 4) is 5.75 Å². The van der Waals surface area contributed by atoms with Crippen LogP contribution >= 0.6 is 0 Å². The van der Waals surface area contributed by atoms with E-state index in [9.17, 15) is 8.42 Å². The standard InChI is InChI=1S/C16H23NO3S/c1-20-15-8-6-13(7-9-15)16(12-4-5-12)17-14-3-2-10-21(18,19)11-14/h6-9,12,14,16-17H,2-5,10-11H2,1H3. The Kier molecular flexibility index (Phi) is 4.22. The van der Waals surface area contributed by atoms with Gasteiger partial charge in [0.1, 0.15) is 5.75 Å². The van der Waals surface area contributed by atoms with Crippen molar-refractivity contribution in [3.05, 3.63) is 29.8 Å². The maximum Gasteiger partial charge on any atom is 0.151 e. The zero-order chi connectivity index (χ0) is 14.9. The second kappa shape index (κ2) is 5.97. The summed E-state index contributed by atoms with van der Waals surface area (Å²) >= 11 is 0. The number of benzene rings is 1. The van der Waals surface area contributed by atoms with Crippen molar-refractivity contribution in [1.29, 1.82) is 0 Å². The van der Waals surface area contributed by atoms with E-state index in [0.29, 0.717) is 11.7 Å². The highest BCUT2D eigenvalue weighted by atomic mass is 32.2. The summed E-state index contributed by atoms with van der Waals surface area (Å²) in [5.74, 6) is 2.13. The van der Waals surface area contributed by atoms with Gasteiger partial charge in [0.2, 0.25) is 0 Å². The zero-order valence-corrected chi connectivity index (χ0v) is 13.2. The highest BCUT2D eigenvalue weighted by Gasteiger charge is 2.35. The van der Waals surface area contributed by atoms with Gasteiger partial charge in [0, 0.05) is 12.1 Å². The molecule has 0 spiro atoms. The molecular weight excluding hydrogens is 286 g/mol. The number of hydrogen-bond acceptors (Lipinski definition) is 4. The summed E-state index contributed by atoms with van der Waals surface area (Å²) in [5, 5.41) is 3.61. The summed E-state index contributed by atoms with van der Waals surface area (Å²) in [6, 6.07) is 8.50. The number of sulfone groups is 1. The van der Waals surface area contributed by atoms with Crippen LogP contribution in [0.4, 0.5) is 0 Å². The van der Waals surface area contributed by atoms with Crippen molar-refractivity contribution in [1.82, 2.24) is 5.32 Å². The minimum Gasteiger partial charge on any atom is -0.497 e. The highest BCUT2D eigenvalue weighted by Crippen LogP contribution is 2.41. The van der Waals surface area contributed by atoms with Gasteiger partial charge in [-0.3, -0.25) is 0 Å². The quantitative estimate of drug-likeness (QED) is 0.907. The lowest BCUT2D eigenvalue weighted by atomic mass is 10.0. The molecule has 2 unspecified atom stereocenters. The van der Waals surface area contributed by atoms with Crippen molar-refractivity contribution >= 4 is 9.84 Å². The Hall–Kier alpha value is -1.07. The predicted molar refractivity (Wildman–Crippen MR) is 83.3 cm³/mol. The van der Waals surface area contributed by atoms with Crippen LogP contribution < -0.4 is 10.1 Å². The van der Waals surface area contributed by atoms with Crippen LogP contribution in [0.15, 0.2) is 24.3 Å². The smallest absolute Gasteiger partial charge is 0.151 e. The molecule has 2 aliphatic rings. The first-order valence-electron chi connectivity index (χ1n) is 7.68. The van der Waals surface area contributed by atoms with Gasteiger partial charge < -0.3 is 10.1 Å². The van der Waals surface area contributed by atoms with E-state index in [2.05, 4.69) is 17.4 Å². The molecule has 116 valence electrons. The van der Waals surface area contributed by atoms with E-state index in [0.717, 1.165) is 18.6 Å². The van der Waals surface area contributed by atoms with Crippen LogP contribution in [0.5, 0.6) is 5.75 Å². The lowest BCUT2D eigenvalue weighted by molar-refractivity contribution is 0.391. The summed E-state index contributed by atoms with van der Waals surface area (Å²) in [6.07, 6.45) is 4.19. The van der Waals surface area contributed by atoms with Gasteiger partial charge >= 0.3 is 0 Å². The van der Waals surface area contributed by atoms with E-state index in [1.807, 2.05) is 12.1 Å². The van der Waals surface area contributed by atoms with Crippen molar-refractivity contribution < 1.29 is 13.2 Å². The fraction of sp³-hybridized carbons (Fsp3) is 0.625. The third-order valence-corrected chi connectivity index (χ3v) is 6.27. The van der Waals surface area contributed by atoms with Crippen LogP contribution in [0, 0.1) is 5.92 Å². The largest absolute Gasteiger partial charge is 0.497 e. The molecule has 0 aromatic heterocycles. The van der Waals surface area contributed by atoms with Crippen LogP contribution in [0.2, 0.25) is 0 Å². The van der Waals surface area contributed by atoms with E-state index in [1.165, 1.54) is 18.4 Å². The lowest BCUT2D eigenvalue weighted by Crippen LogP contribution is -2.42. The molecule has 5 heteroatoms. The molecule has 4 nitrogen and oxygen atoms in total. The van der Waals surface area contributed by atoms with E-state index in [1.54, 1.807) is 7.11 Å². The van der Waals surface area contributed by atoms with E-state index in [4.69, 9.17) is 4.74 Å². The molecule has 0 bridgehead atoms. The number of hydrogen-bond donors (Lipinski definition) is 1. The molecular formula is C16H23NO3S. The third-order valence-electron chi connectivity index (χ3n) is 4.45. The Morgan fingerprint density at radius 3 is 2.48 bits per heavy atom. The minimum atomic E-state index is -2.86. The highest BCUT2D eigenvalue weighted by molar-refractivity contribution is 7.91. The fourth-order valence-electron chi connectivity index (χ4n) is 3.15. The molecule has 1 saturated carbocycles. The summed E-state index contributed by atoms with van der Waals surface area (Å²) in [4.78, 5) is 0. The first kappa shape index (κ1) is 14.9. The molecule has 2 atom stereocenters. The van der Waals surface area contributed by atoms with Crippen LogP contribution in [0.25, 0.3) is 0 Å². The average molecular weight is 309 g/mol. The van der Waals surface area contributed by atoms with Crippen LogP contribution in [-0.4, -0.2) is 33.1 Å². The number of nitrogens with one attached hydrogen (secondary N) is 1. The summed E-state index contributed by atoms with van der Waals surface area (Å²) in [6.45, 7) is 0. The first-order valence-corrected chi connectivity index (χ1v) is 9.50. The van der Waals surface area contributed by atoms with Crippen molar-refractivity contribution in [2.45, 2.75) is 37.8 Å². The second-order valence-corrected chi connectivity index (χ2v) is 8.44. The van der Waals surface area contributed by atoms with Gasteiger partial charge in [-0.1, -0.05) is 12.1 Å². The maximum atomic E-state index is 11.8. The zero-order valence-electron chi connectivity index (χ0n) is 12.4. The third kappa shape index (κ3) is 3.77. The molecule has 1 heterocycles. The summed E-state index contributed by atoms with van der Waals surface area (Å²) in [7, 11) is -1.19. The SMILES string of the molecule is COc1ccc(C(NC2CCCS(=O)(=O)C2)C2CC2)cc1. The Morgan fingerprint density at radius 1 is 1.19 bits per heavy atom. The number of rotatable bonds is 5. The summed E-state index contributed by atoms with van der Waals surface area (Å²) < 4.78 is 28.8. The lowest BCUT2D eigenvalue weighted by Gasteiger charge is -2.29. The molecule has 3 rings (SSSR count). The Morgan fingerprint density at radius 2 is 1.90 bits per heavy atom. The fourth-order valence-corrected chi connectivity index (χ4v) is 4.80. The van der Waals surface area contributed by atoms with E-state index >= 15 is 0 Å². The number of methoxy groups -OCH3 is 1. The molecule has 0 amide bonds. The molecule has 1 aromatic carbocycles. The average Bonchev–Trinajstić information content (AvgIpc) is 3.28. The van der Waals surface area contributed by atoms with E-state index in [-0.39, 0.29) is 17.8 Å². The second-order valence-electron chi connectivity index (χ2n) is 6.21.